The fourth-order valence-electron chi connectivity index (χ4n) is 3.98. The molecule has 2 unspecified atom stereocenters. The third-order valence-electron chi connectivity index (χ3n) is 6.38. The number of benzene rings is 2. The largest absolute Gasteiger partial charge is 0.457 e. The summed E-state index contributed by atoms with van der Waals surface area (Å²) in [7, 11) is 0. The molecular weight excluding hydrogens is 501 g/mol. The summed E-state index contributed by atoms with van der Waals surface area (Å²) in [6.07, 6.45) is -10.5. The molecule has 1 fully saturated rings. The van der Waals surface area contributed by atoms with E-state index in [4.69, 9.17) is 14.2 Å². The smallest absolute Gasteiger partial charge is 0.224 e. The van der Waals surface area contributed by atoms with Gasteiger partial charge in [0.15, 0.2) is 6.29 Å². The Balaban J connectivity index is 1.60. The average Bonchev–Trinajstić information content (AvgIpc) is 2.92. The molecule has 0 saturated carbocycles. The van der Waals surface area contributed by atoms with Crippen molar-refractivity contribution in [1.29, 1.82) is 0 Å². The van der Waals surface area contributed by atoms with E-state index in [1.807, 2.05) is 31.2 Å². The van der Waals surface area contributed by atoms with Gasteiger partial charge in [0.2, 0.25) is 5.91 Å². The highest BCUT2D eigenvalue weighted by molar-refractivity contribution is 5.79. The lowest BCUT2D eigenvalue weighted by atomic mass is 9.99. The van der Waals surface area contributed by atoms with Gasteiger partial charge in [-0.1, -0.05) is 36.8 Å². The Bertz CT molecular complexity index is 1000. The zero-order chi connectivity index (χ0) is 27.8. The van der Waals surface area contributed by atoms with Gasteiger partial charge in [0.25, 0.3) is 0 Å². The van der Waals surface area contributed by atoms with Crippen LogP contribution in [0.5, 0.6) is 11.5 Å². The van der Waals surface area contributed by atoms with Gasteiger partial charge in [-0.3, -0.25) is 4.79 Å². The molecule has 2 aromatic carbocycles. The normalized spacial score (nSPS) is 25.8. The number of alkyl halides is 1. The van der Waals surface area contributed by atoms with Crippen LogP contribution >= 0.6 is 0 Å². The SMILES string of the molecule is CC[C@@H](O)[C@@H](O)[C@H](CO[C@H]1OC(CF)[C@@H](O)C(O)[C@@H]1O)NC(=O)Cc1ccc(Oc2ccc(C)cc2)cc1. The Morgan fingerprint density at radius 3 is 2.18 bits per heavy atom. The maximum Gasteiger partial charge on any atom is 0.224 e. The Labute approximate surface area is 220 Å². The number of carbonyl (C=O) groups is 1. The highest BCUT2D eigenvalue weighted by atomic mass is 19.1. The van der Waals surface area contributed by atoms with Crippen LogP contribution in [-0.4, -0.2) is 93.7 Å². The number of ether oxygens (including phenoxy) is 3. The fourth-order valence-corrected chi connectivity index (χ4v) is 3.98. The van der Waals surface area contributed by atoms with Crippen LogP contribution in [0.1, 0.15) is 24.5 Å². The zero-order valence-electron chi connectivity index (χ0n) is 21.3. The van der Waals surface area contributed by atoms with Crippen LogP contribution in [0.25, 0.3) is 0 Å². The van der Waals surface area contributed by atoms with Crippen molar-refractivity contribution in [3.05, 3.63) is 59.7 Å². The summed E-state index contributed by atoms with van der Waals surface area (Å²) in [6, 6.07) is 13.4. The van der Waals surface area contributed by atoms with E-state index in [0.717, 1.165) is 5.56 Å². The summed E-state index contributed by atoms with van der Waals surface area (Å²) in [6.45, 7) is 2.06. The molecule has 0 aromatic heterocycles. The van der Waals surface area contributed by atoms with Gasteiger partial charge in [0.05, 0.1) is 25.2 Å². The van der Waals surface area contributed by atoms with Crippen molar-refractivity contribution < 1.29 is 48.9 Å². The standard InChI is InChI=1S/C27H36FNO9/c1-3-20(30)23(32)19(14-36-27-26(35)25(34)24(33)21(13-28)38-27)29-22(31)12-16-6-10-18(11-7-16)37-17-8-4-15(2)5-9-17/h4-11,19-21,23-27,30,32-35H,3,12-14H2,1-2H3,(H,29,31)/t19-,20+,21?,23-,24+,25?,26-,27-/m0/s1. The minimum absolute atomic E-state index is 0.0480. The zero-order valence-corrected chi connectivity index (χ0v) is 21.3. The number of aliphatic hydroxyl groups excluding tert-OH is 5. The molecule has 0 spiro atoms. The van der Waals surface area contributed by atoms with Gasteiger partial charge in [-0.15, -0.1) is 0 Å². The minimum Gasteiger partial charge on any atom is -0.457 e. The van der Waals surface area contributed by atoms with Crippen LogP contribution in [0.2, 0.25) is 0 Å². The Kier molecular flexibility index (Phi) is 11.0. The van der Waals surface area contributed by atoms with E-state index in [0.29, 0.717) is 17.1 Å². The molecule has 0 radical (unpaired) electrons. The minimum atomic E-state index is -1.72. The maximum atomic E-state index is 13.1. The molecule has 1 aliphatic heterocycles. The number of rotatable bonds is 12. The molecular formula is C27H36FNO9. The lowest BCUT2D eigenvalue weighted by molar-refractivity contribution is -0.300. The average molecular weight is 538 g/mol. The van der Waals surface area contributed by atoms with Gasteiger partial charge in [-0.2, -0.15) is 0 Å². The molecule has 0 bridgehead atoms. The molecule has 1 saturated heterocycles. The van der Waals surface area contributed by atoms with E-state index >= 15 is 0 Å². The molecule has 38 heavy (non-hydrogen) atoms. The molecule has 1 aliphatic rings. The Morgan fingerprint density at radius 2 is 1.61 bits per heavy atom. The van der Waals surface area contributed by atoms with Gasteiger partial charge in [-0.05, 0) is 43.2 Å². The van der Waals surface area contributed by atoms with Crippen molar-refractivity contribution in [2.24, 2.45) is 0 Å². The number of halogens is 1. The summed E-state index contributed by atoms with van der Waals surface area (Å²) in [5, 5.41) is 53.2. The van der Waals surface area contributed by atoms with Crippen molar-refractivity contribution in [1.82, 2.24) is 5.32 Å². The molecule has 1 heterocycles. The molecule has 3 rings (SSSR count). The molecule has 0 aliphatic carbocycles. The summed E-state index contributed by atoms with van der Waals surface area (Å²) in [4.78, 5) is 12.8. The number of nitrogens with one attached hydrogen (secondary N) is 1. The quantitative estimate of drug-likeness (QED) is 0.230. The van der Waals surface area contributed by atoms with Crippen LogP contribution in [0.15, 0.2) is 48.5 Å². The second-order valence-electron chi connectivity index (χ2n) is 9.38. The van der Waals surface area contributed by atoms with Gasteiger partial charge in [0, 0.05) is 0 Å². The van der Waals surface area contributed by atoms with E-state index in [9.17, 15) is 34.7 Å². The monoisotopic (exact) mass is 537 g/mol. The first-order chi connectivity index (χ1) is 18.1. The summed E-state index contributed by atoms with van der Waals surface area (Å²) in [5.74, 6) is 0.797. The Morgan fingerprint density at radius 1 is 1.00 bits per heavy atom. The molecule has 1 amide bonds. The first kappa shape index (κ1) is 29.9. The number of aliphatic hydroxyl groups is 5. The van der Waals surface area contributed by atoms with Crippen LogP contribution in [0, 0.1) is 6.92 Å². The molecule has 6 N–H and O–H groups in total. The van der Waals surface area contributed by atoms with Crippen LogP contribution in [0.3, 0.4) is 0 Å². The third kappa shape index (κ3) is 7.93. The molecule has 11 heteroatoms. The van der Waals surface area contributed by atoms with Gasteiger partial charge in [-0.25, -0.2) is 4.39 Å². The van der Waals surface area contributed by atoms with Crippen molar-refractivity contribution >= 4 is 5.91 Å². The summed E-state index contributed by atoms with van der Waals surface area (Å²) < 4.78 is 29.6. The lowest BCUT2D eigenvalue weighted by Gasteiger charge is -2.40. The number of carbonyl (C=O) groups excluding carboxylic acids is 1. The fraction of sp³-hybridized carbons (Fsp3) is 0.519. The highest BCUT2D eigenvalue weighted by Gasteiger charge is 2.44. The number of hydrogen-bond donors (Lipinski definition) is 6. The maximum absolute atomic E-state index is 13.1. The second kappa shape index (κ2) is 13.9. The summed E-state index contributed by atoms with van der Waals surface area (Å²) in [5.41, 5.74) is 1.78. The van der Waals surface area contributed by atoms with Gasteiger partial charge < -0.3 is 45.1 Å². The Hall–Kier alpha value is -2.64. The van der Waals surface area contributed by atoms with Crippen molar-refractivity contribution in [2.45, 2.75) is 75.6 Å². The lowest BCUT2D eigenvalue weighted by Crippen LogP contribution is -2.60. The first-order valence-corrected chi connectivity index (χ1v) is 12.5. The number of hydrogen-bond acceptors (Lipinski definition) is 9. The predicted octanol–water partition coefficient (Wildman–Crippen LogP) is 0.740. The summed E-state index contributed by atoms with van der Waals surface area (Å²) >= 11 is 0. The van der Waals surface area contributed by atoms with E-state index in [1.54, 1.807) is 31.2 Å². The van der Waals surface area contributed by atoms with Crippen molar-refractivity contribution in [2.75, 3.05) is 13.3 Å². The first-order valence-electron chi connectivity index (χ1n) is 12.5. The molecule has 2 aromatic rings. The van der Waals surface area contributed by atoms with Gasteiger partial charge in [0.1, 0.15) is 48.7 Å². The molecule has 8 atom stereocenters. The van der Waals surface area contributed by atoms with Crippen LogP contribution in [-0.2, 0) is 20.7 Å². The van der Waals surface area contributed by atoms with E-state index < -0.39 is 68.1 Å². The second-order valence-corrected chi connectivity index (χ2v) is 9.38. The third-order valence-corrected chi connectivity index (χ3v) is 6.38. The van der Waals surface area contributed by atoms with Gasteiger partial charge >= 0.3 is 0 Å². The van der Waals surface area contributed by atoms with Crippen LogP contribution < -0.4 is 10.1 Å². The van der Waals surface area contributed by atoms with Crippen molar-refractivity contribution in [3.63, 3.8) is 0 Å². The molecule has 210 valence electrons. The number of aryl methyl sites for hydroxylation is 1. The van der Waals surface area contributed by atoms with E-state index in [1.165, 1.54) is 0 Å². The predicted molar refractivity (Wildman–Crippen MR) is 134 cm³/mol. The van der Waals surface area contributed by atoms with Crippen LogP contribution in [0.4, 0.5) is 4.39 Å². The van der Waals surface area contributed by atoms with Crippen molar-refractivity contribution in [3.8, 4) is 11.5 Å². The number of amides is 1. The van der Waals surface area contributed by atoms with E-state index in [-0.39, 0.29) is 12.8 Å². The topological polar surface area (TPSA) is 158 Å². The van der Waals surface area contributed by atoms with E-state index in [2.05, 4.69) is 5.32 Å². The highest BCUT2D eigenvalue weighted by Crippen LogP contribution is 2.24. The molecule has 10 nitrogen and oxygen atoms in total.